The Hall–Kier alpha value is -1.08. The van der Waals surface area contributed by atoms with Crippen LogP contribution in [0.2, 0.25) is 0 Å². The van der Waals surface area contributed by atoms with Gasteiger partial charge in [-0.05, 0) is 28.5 Å². The first-order valence-electron chi connectivity index (χ1n) is 6.78. The SMILES string of the molecule is Cl.Fc1cc(F)c([C@H](c2ccsc2)N2CCNCC2)cc1F. The Kier molecular flexibility index (Phi) is 5.86. The highest BCUT2D eigenvalue weighted by atomic mass is 35.5. The van der Waals surface area contributed by atoms with Crippen molar-refractivity contribution in [2.24, 2.45) is 0 Å². The summed E-state index contributed by atoms with van der Waals surface area (Å²) in [5.74, 6) is -2.87. The van der Waals surface area contributed by atoms with Crippen molar-refractivity contribution in [2.45, 2.75) is 6.04 Å². The van der Waals surface area contributed by atoms with E-state index in [9.17, 15) is 13.2 Å². The molecule has 0 bridgehead atoms. The average Bonchev–Trinajstić information content (AvgIpc) is 3.00. The smallest absolute Gasteiger partial charge is 0.161 e. The minimum Gasteiger partial charge on any atom is -0.314 e. The summed E-state index contributed by atoms with van der Waals surface area (Å²) in [5.41, 5.74) is 1.10. The van der Waals surface area contributed by atoms with Crippen LogP contribution in [-0.2, 0) is 0 Å². The van der Waals surface area contributed by atoms with Gasteiger partial charge in [-0.3, -0.25) is 4.90 Å². The topological polar surface area (TPSA) is 15.3 Å². The van der Waals surface area contributed by atoms with Crippen molar-refractivity contribution in [1.82, 2.24) is 10.2 Å². The Morgan fingerprint density at radius 3 is 2.36 bits per heavy atom. The maximum atomic E-state index is 14.2. The normalized spacial score (nSPS) is 17.0. The molecule has 1 aliphatic rings. The number of halogens is 4. The first-order valence-corrected chi connectivity index (χ1v) is 7.72. The van der Waals surface area contributed by atoms with Crippen molar-refractivity contribution in [3.63, 3.8) is 0 Å². The predicted molar refractivity (Wildman–Crippen MR) is 84.2 cm³/mol. The molecular weight excluding hydrogens is 333 g/mol. The third kappa shape index (κ3) is 3.46. The van der Waals surface area contributed by atoms with Gasteiger partial charge in [0.05, 0.1) is 6.04 Å². The zero-order valence-electron chi connectivity index (χ0n) is 11.7. The van der Waals surface area contributed by atoms with Gasteiger partial charge in [0.2, 0.25) is 0 Å². The molecule has 0 radical (unpaired) electrons. The number of piperazine rings is 1. The fourth-order valence-electron chi connectivity index (χ4n) is 2.71. The van der Waals surface area contributed by atoms with Crippen molar-refractivity contribution < 1.29 is 13.2 Å². The lowest BCUT2D eigenvalue weighted by Gasteiger charge is -2.35. The molecule has 0 saturated carbocycles. The van der Waals surface area contributed by atoms with Gasteiger partial charge in [0.15, 0.2) is 11.6 Å². The molecule has 2 heterocycles. The summed E-state index contributed by atoms with van der Waals surface area (Å²) in [6, 6.07) is 3.13. The molecule has 3 rings (SSSR count). The van der Waals surface area contributed by atoms with Crippen LogP contribution in [0.15, 0.2) is 29.0 Å². The van der Waals surface area contributed by atoms with E-state index < -0.39 is 17.5 Å². The summed E-state index contributed by atoms with van der Waals surface area (Å²) in [7, 11) is 0. The van der Waals surface area contributed by atoms with E-state index in [1.807, 2.05) is 16.8 Å². The van der Waals surface area contributed by atoms with Crippen LogP contribution in [-0.4, -0.2) is 31.1 Å². The maximum Gasteiger partial charge on any atom is 0.161 e. The van der Waals surface area contributed by atoms with E-state index in [1.54, 1.807) is 0 Å². The monoisotopic (exact) mass is 348 g/mol. The minimum absolute atomic E-state index is 0. The molecule has 1 aromatic carbocycles. The molecule has 1 aliphatic heterocycles. The second kappa shape index (κ2) is 7.46. The molecule has 22 heavy (non-hydrogen) atoms. The van der Waals surface area contributed by atoms with Crippen LogP contribution >= 0.6 is 23.7 Å². The first-order chi connectivity index (χ1) is 10.2. The van der Waals surface area contributed by atoms with Crippen LogP contribution in [0.5, 0.6) is 0 Å². The van der Waals surface area contributed by atoms with Gasteiger partial charge >= 0.3 is 0 Å². The van der Waals surface area contributed by atoms with Crippen LogP contribution in [0, 0.1) is 17.5 Å². The van der Waals surface area contributed by atoms with Gasteiger partial charge < -0.3 is 5.32 Å². The lowest BCUT2D eigenvalue weighted by atomic mass is 9.98. The largest absolute Gasteiger partial charge is 0.314 e. The number of nitrogens with zero attached hydrogens (tertiary/aromatic N) is 1. The summed E-state index contributed by atoms with van der Waals surface area (Å²) >= 11 is 1.51. The van der Waals surface area contributed by atoms with Crippen LogP contribution in [0.1, 0.15) is 17.2 Å². The van der Waals surface area contributed by atoms with Crippen LogP contribution in [0.4, 0.5) is 13.2 Å². The number of hydrogen-bond acceptors (Lipinski definition) is 3. The molecular formula is C15H16ClF3N2S. The van der Waals surface area contributed by atoms with Gasteiger partial charge in [0.25, 0.3) is 0 Å². The molecule has 0 aliphatic carbocycles. The Labute approximate surface area is 137 Å². The highest BCUT2D eigenvalue weighted by Crippen LogP contribution is 2.33. The highest BCUT2D eigenvalue weighted by molar-refractivity contribution is 7.08. The zero-order valence-corrected chi connectivity index (χ0v) is 13.3. The molecule has 1 aromatic heterocycles. The van der Waals surface area contributed by atoms with Crippen LogP contribution in [0.25, 0.3) is 0 Å². The van der Waals surface area contributed by atoms with Gasteiger partial charge in [-0.25, -0.2) is 13.2 Å². The van der Waals surface area contributed by atoms with Gasteiger partial charge in [-0.2, -0.15) is 11.3 Å². The number of benzene rings is 1. The van der Waals surface area contributed by atoms with Crippen molar-refractivity contribution in [1.29, 1.82) is 0 Å². The van der Waals surface area contributed by atoms with Crippen LogP contribution < -0.4 is 5.32 Å². The van der Waals surface area contributed by atoms with E-state index in [-0.39, 0.29) is 24.0 Å². The van der Waals surface area contributed by atoms with Crippen molar-refractivity contribution in [2.75, 3.05) is 26.2 Å². The molecule has 2 nitrogen and oxygen atoms in total. The Balaban J connectivity index is 0.00000176. The van der Waals surface area contributed by atoms with Gasteiger partial charge in [-0.1, -0.05) is 0 Å². The van der Waals surface area contributed by atoms with Gasteiger partial charge in [0.1, 0.15) is 5.82 Å². The van der Waals surface area contributed by atoms with E-state index in [0.29, 0.717) is 6.07 Å². The number of hydrogen-bond donors (Lipinski definition) is 1. The standard InChI is InChI=1S/C15H15F3N2S.ClH/c16-12-8-14(18)13(17)7-11(12)15(10-1-6-21-9-10)20-4-2-19-3-5-20;/h1,6-9,15,19H,2-5H2;1H/t15-;/m0./s1. The molecule has 1 saturated heterocycles. The summed E-state index contributed by atoms with van der Waals surface area (Å²) in [5, 5.41) is 7.06. The molecule has 120 valence electrons. The Morgan fingerprint density at radius 2 is 1.73 bits per heavy atom. The third-order valence-electron chi connectivity index (χ3n) is 3.71. The Morgan fingerprint density at radius 1 is 1.05 bits per heavy atom. The fraction of sp³-hybridized carbons (Fsp3) is 0.333. The highest BCUT2D eigenvalue weighted by Gasteiger charge is 2.27. The molecule has 1 atom stereocenters. The first kappa shape index (κ1) is 17.3. The molecule has 0 unspecified atom stereocenters. The molecule has 0 amide bonds. The molecule has 2 aromatic rings. The zero-order chi connectivity index (χ0) is 14.8. The van der Waals surface area contributed by atoms with E-state index in [2.05, 4.69) is 10.2 Å². The molecule has 1 N–H and O–H groups in total. The third-order valence-corrected chi connectivity index (χ3v) is 4.41. The van der Waals surface area contributed by atoms with Crippen molar-refractivity contribution in [3.05, 3.63) is 57.5 Å². The number of thiophene rings is 1. The van der Waals surface area contributed by atoms with E-state index in [0.717, 1.165) is 37.8 Å². The second-order valence-corrected chi connectivity index (χ2v) is 5.81. The predicted octanol–water partition coefficient (Wildman–Crippen LogP) is 3.58. The maximum absolute atomic E-state index is 14.2. The molecule has 0 spiro atoms. The average molecular weight is 349 g/mol. The summed E-state index contributed by atoms with van der Waals surface area (Å²) in [6.45, 7) is 3.07. The second-order valence-electron chi connectivity index (χ2n) is 5.03. The van der Waals surface area contributed by atoms with Gasteiger partial charge in [0, 0.05) is 37.8 Å². The molecule has 1 fully saturated rings. The lowest BCUT2D eigenvalue weighted by molar-refractivity contribution is 0.195. The lowest BCUT2D eigenvalue weighted by Crippen LogP contribution is -2.45. The van der Waals surface area contributed by atoms with E-state index >= 15 is 0 Å². The minimum atomic E-state index is -1.15. The van der Waals surface area contributed by atoms with Gasteiger partial charge in [-0.15, -0.1) is 12.4 Å². The summed E-state index contributed by atoms with van der Waals surface area (Å²) in [6.07, 6.45) is 0. The summed E-state index contributed by atoms with van der Waals surface area (Å²) < 4.78 is 40.9. The van der Waals surface area contributed by atoms with Crippen LogP contribution in [0.3, 0.4) is 0 Å². The summed E-state index contributed by atoms with van der Waals surface area (Å²) in [4.78, 5) is 2.09. The quantitative estimate of drug-likeness (QED) is 0.853. The fourth-order valence-corrected chi connectivity index (χ4v) is 3.38. The Bertz CT molecular complexity index is 616. The molecule has 7 heteroatoms. The van der Waals surface area contributed by atoms with Crippen molar-refractivity contribution >= 4 is 23.7 Å². The van der Waals surface area contributed by atoms with E-state index in [4.69, 9.17) is 0 Å². The number of nitrogens with one attached hydrogen (secondary N) is 1. The number of rotatable bonds is 3. The van der Waals surface area contributed by atoms with E-state index in [1.165, 1.54) is 11.3 Å². The van der Waals surface area contributed by atoms with Crippen molar-refractivity contribution in [3.8, 4) is 0 Å².